The molecule has 0 spiro atoms. The van der Waals surface area contributed by atoms with Crippen LogP contribution in [0, 0.1) is 17.1 Å². The summed E-state index contributed by atoms with van der Waals surface area (Å²) in [5, 5.41) is 16.7. The van der Waals surface area contributed by atoms with Gasteiger partial charge in [-0.25, -0.2) is 9.07 Å². The normalized spacial score (nSPS) is 10.5. The van der Waals surface area contributed by atoms with Gasteiger partial charge in [0.2, 0.25) is 5.91 Å². The Kier molecular flexibility index (Phi) is 8.11. The number of anilines is 1. The molecule has 9 heteroatoms. The number of halogens is 1. The van der Waals surface area contributed by atoms with Crippen molar-refractivity contribution in [3.05, 3.63) is 65.6 Å². The molecule has 2 aromatic carbocycles. The second kappa shape index (κ2) is 11.2. The second-order valence-electron chi connectivity index (χ2n) is 6.85. The van der Waals surface area contributed by atoms with E-state index in [-0.39, 0.29) is 17.5 Å². The van der Waals surface area contributed by atoms with E-state index in [2.05, 4.69) is 16.5 Å². The lowest BCUT2D eigenvalue weighted by Crippen LogP contribution is -2.26. The Morgan fingerprint density at radius 2 is 1.97 bits per heavy atom. The molecule has 0 saturated heterocycles. The number of nitrogens with zero attached hydrogens (tertiary/aromatic N) is 3. The molecule has 0 aliphatic rings. The summed E-state index contributed by atoms with van der Waals surface area (Å²) in [5.74, 6) is 0.895. The van der Waals surface area contributed by atoms with Crippen LogP contribution in [0.1, 0.15) is 24.6 Å². The number of ether oxygens (including phenoxy) is 1. The van der Waals surface area contributed by atoms with Crippen molar-refractivity contribution >= 4 is 23.5 Å². The molecular formula is C23H24FN5O2S. The van der Waals surface area contributed by atoms with Crippen molar-refractivity contribution < 1.29 is 13.9 Å². The number of benzene rings is 2. The molecule has 1 aromatic heterocycles. The largest absolute Gasteiger partial charge is 0.494 e. The Balaban J connectivity index is 1.47. The van der Waals surface area contributed by atoms with E-state index in [1.165, 1.54) is 28.6 Å². The molecular weight excluding hydrogens is 429 g/mol. The number of nitrogens with two attached hydrogens (primary N) is 1. The molecule has 0 fully saturated rings. The number of nitrogens with one attached hydrogen (secondary N) is 1. The predicted molar refractivity (Wildman–Crippen MR) is 122 cm³/mol. The maximum atomic E-state index is 13.2. The third-order valence-corrected chi connectivity index (χ3v) is 5.61. The fourth-order valence-electron chi connectivity index (χ4n) is 3.04. The van der Waals surface area contributed by atoms with E-state index in [0.29, 0.717) is 48.7 Å². The number of aromatic nitrogens is 2. The van der Waals surface area contributed by atoms with Crippen LogP contribution in [0.15, 0.2) is 53.4 Å². The second-order valence-corrected chi connectivity index (χ2v) is 7.90. The molecule has 0 atom stereocenters. The third-order valence-electron chi connectivity index (χ3n) is 4.59. The molecule has 3 aromatic rings. The van der Waals surface area contributed by atoms with Crippen molar-refractivity contribution in [3.63, 3.8) is 0 Å². The zero-order chi connectivity index (χ0) is 22.9. The van der Waals surface area contributed by atoms with E-state index in [0.717, 1.165) is 10.6 Å². The number of nitrogen functional groups attached to an aromatic ring is 1. The van der Waals surface area contributed by atoms with Gasteiger partial charge in [0, 0.05) is 11.4 Å². The predicted octanol–water partition coefficient (Wildman–Crippen LogP) is 3.71. The molecule has 0 aliphatic carbocycles. The first-order chi connectivity index (χ1) is 15.5. The number of hydrogen-bond acceptors (Lipinski definition) is 6. The van der Waals surface area contributed by atoms with Gasteiger partial charge in [-0.05, 0) is 68.3 Å². The lowest BCUT2D eigenvalue weighted by atomic mass is 10.1. The number of nitriles is 1. The number of thioether (sulfide) groups is 1. The number of amides is 1. The van der Waals surface area contributed by atoms with Crippen LogP contribution in [0.4, 0.5) is 10.2 Å². The third kappa shape index (κ3) is 6.02. The summed E-state index contributed by atoms with van der Waals surface area (Å²) in [5.41, 5.74) is 7.48. The Hall–Kier alpha value is -3.51. The summed E-state index contributed by atoms with van der Waals surface area (Å²) in [6, 6.07) is 15.4. The summed E-state index contributed by atoms with van der Waals surface area (Å²) in [7, 11) is 0. The van der Waals surface area contributed by atoms with Crippen LogP contribution in [0.5, 0.6) is 5.75 Å². The molecule has 166 valence electrons. The fraction of sp³-hybridized carbons (Fsp3) is 0.261. The summed E-state index contributed by atoms with van der Waals surface area (Å²) >= 11 is 1.45. The highest BCUT2D eigenvalue weighted by atomic mass is 32.2. The monoisotopic (exact) mass is 453 g/mol. The Morgan fingerprint density at radius 3 is 2.62 bits per heavy atom. The van der Waals surface area contributed by atoms with E-state index < -0.39 is 0 Å². The Labute approximate surface area is 190 Å². The standard InChI is InChI=1S/C23H24FN5O2S/c1-2-31-18-9-11-19(12-10-18)32-15-22(30)27-13-3-4-21-20(14-25)23(26)29(28-21)17-7-5-16(24)6-8-17/h5-12H,2-4,13,15,26H2,1H3,(H,27,30). The smallest absolute Gasteiger partial charge is 0.230 e. The quantitative estimate of drug-likeness (QED) is 0.358. The molecule has 0 bridgehead atoms. The molecule has 1 heterocycles. The van der Waals surface area contributed by atoms with Crippen LogP contribution in [0.3, 0.4) is 0 Å². The Bertz CT molecular complexity index is 1090. The van der Waals surface area contributed by atoms with Gasteiger partial charge < -0.3 is 15.8 Å². The zero-order valence-corrected chi connectivity index (χ0v) is 18.5. The van der Waals surface area contributed by atoms with Crippen LogP contribution >= 0.6 is 11.8 Å². The molecule has 3 N–H and O–H groups in total. The number of aryl methyl sites for hydroxylation is 1. The first-order valence-electron chi connectivity index (χ1n) is 10.2. The topological polar surface area (TPSA) is 106 Å². The minimum absolute atomic E-state index is 0.0688. The minimum atomic E-state index is -0.364. The molecule has 7 nitrogen and oxygen atoms in total. The lowest BCUT2D eigenvalue weighted by Gasteiger charge is -2.06. The van der Waals surface area contributed by atoms with E-state index in [4.69, 9.17) is 10.5 Å². The van der Waals surface area contributed by atoms with Gasteiger partial charge in [0.15, 0.2) is 0 Å². The molecule has 1 amide bonds. The SMILES string of the molecule is CCOc1ccc(SCC(=O)NCCCc2nn(-c3ccc(F)cc3)c(N)c2C#N)cc1. The molecule has 32 heavy (non-hydrogen) atoms. The maximum absolute atomic E-state index is 13.2. The zero-order valence-electron chi connectivity index (χ0n) is 17.7. The van der Waals surface area contributed by atoms with Gasteiger partial charge in [-0.1, -0.05) is 0 Å². The van der Waals surface area contributed by atoms with E-state index in [1.54, 1.807) is 12.1 Å². The van der Waals surface area contributed by atoms with Crippen LogP contribution in [0.2, 0.25) is 0 Å². The number of carbonyl (C=O) groups excluding carboxylic acids is 1. The van der Waals surface area contributed by atoms with E-state index in [1.807, 2.05) is 31.2 Å². The van der Waals surface area contributed by atoms with Crippen molar-refractivity contribution in [3.8, 4) is 17.5 Å². The van der Waals surface area contributed by atoms with Crippen molar-refractivity contribution in [2.24, 2.45) is 0 Å². The van der Waals surface area contributed by atoms with Gasteiger partial charge in [0.25, 0.3) is 0 Å². The van der Waals surface area contributed by atoms with Gasteiger partial charge in [-0.3, -0.25) is 4.79 Å². The molecule has 0 radical (unpaired) electrons. The highest BCUT2D eigenvalue weighted by Crippen LogP contribution is 2.22. The highest BCUT2D eigenvalue weighted by molar-refractivity contribution is 8.00. The van der Waals surface area contributed by atoms with Gasteiger partial charge in [0.05, 0.1) is 23.7 Å². The number of rotatable bonds is 10. The maximum Gasteiger partial charge on any atom is 0.230 e. The Morgan fingerprint density at radius 1 is 1.25 bits per heavy atom. The minimum Gasteiger partial charge on any atom is -0.494 e. The first-order valence-corrected chi connectivity index (χ1v) is 11.2. The van der Waals surface area contributed by atoms with Crippen molar-refractivity contribution in [1.82, 2.24) is 15.1 Å². The van der Waals surface area contributed by atoms with Gasteiger partial charge >= 0.3 is 0 Å². The summed E-state index contributed by atoms with van der Waals surface area (Å²) in [4.78, 5) is 13.1. The summed E-state index contributed by atoms with van der Waals surface area (Å²) in [6.07, 6.45) is 1.08. The van der Waals surface area contributed by atoms with Crippen molar-refractivity contribution in [1.29, 1.82) is 5.26 Å². The highest BCUT2D eigenvalue weighted by Gasteiger charge is 2.16. The van der Waals surface area contributed by atoms with Gasteiger partial charge in [-0.2, -0.15) is 10.4 Å². The molecule has 0 unspecified atom stereocenters. The van der Waals surface area contributed by atoms with Gasteiger partial charge in [0.1, 0.15) is 29.0 Å². The number of hydrogen-bond donors (Lipinski definition) is 2. The van der Waals surface area contributed by atoms with Crippen LogP contribution < -0.4 is 15.8 Å². The van der Waals surface area contributed by atoms with Crippen LogP contribution in [-0.2, 0) is 11.2 Å². The average Bonchev–Trinajstić information content (AvgIpc) is 3.12. The lowest BCUT2D eigenvalue weighted by molar-refractivity contribution is -0.118. The molecule has 0 saturated carbocycles. The number of carbonyl (C=O) groups is 1. The first kappa shape index (κ1) is 23.2. The fourth-order valence-corrected chi connectivity index (χ4v) is 3.76. The summed E-state index contributed by atoms with van der Waals surface area (Å²) < 4.78 is 20.0. The van der Waals surface area contributed by atoms with Crippen LogP contribution in [0.25, 0.3) is 5.69 Å². The molecule has 3 rings (SSSR count). The van der Waals surface area contributed by atoms with Crippen molar-refractivity contribution in [2.45, 2.75) is 24.7 Å². The average molecular weight is 454 g/mol. The van der Waals surface area contributed by atoms with Crippen molar-refractivity contribution in [2.75, 3.05) is 24.6 Å². The summed E-state index contributed by atoms with van der Waals surface area (Å²) in [6.45, 7) is 3.00. The van der Waals surface area contributed by atoms with Crippen LogP contribution in [-0.4, -0.2) is 34.6 Å². The van der Waals surface area contributed by atoms with E-state index >= 15 is 0 Å². The van der Waals surface area contributed by atoms with Gasteiger partial charge in [-0.15, -0.1) is 11.8 Å². The molecule has 0 aliphatic heterocycles. The van der Waals surface area contributed by atoms with E-state index in [9.17, 15) is 14.4 Å².